The lowest BCUT2D eigenvalue weighted by molar-refractivity contribution is -0.385. The molecule has 0 saturated heterocycles. The third kappa shape index (κ3) is 6.03. The van der Waals surface area contributed by atoms with E-state index in [1.807, 2.05) is 0 Å². The Labute approximate surface area is 171 Å². The molecule has 0 aliphatic rings. The van der Waals surface area contributed by atoms with E-state index in [-0.39, 0.29) is 17.2 Å². The molecule has 2 aromatic carbocycles. The highest BCUT2D eigenvalue weighted by molar-refractivity contribution is 5.94. The number of ketones is 1. The molecule has 0 fully saturated rings. The molecule has 10 heteroatoms. The van der Waals surface area contributed by atoms with Gasteiger partial charge in [-0.15, -0.1) is 0 Å². The summed E-state index contributed by atoms with van der Waals surface area (Å²) in [6.45, 7) is 2.03. The molecule has 0 bridgehead atoms. The lowest BCUT2D eigenvalue weighted by Crippen LogP contribution is -2.24. The highest BCUT2D eigenvalue weighted by Crippen LogP contribution is 2.32. The number of esters is 1. The number of benzene rings is 2. The zero-order valence-electron chi connectivity index (χ0n) is 16.6. The Morgan fingerprint density at radius 2 is 1.77 bits per heavy atom. The third-order valence-corrected chi connectivity index (χ3v) is 3.98. The zero-order chi connectivity index (χ0) is 22.3. The fraction of sp³-hybridized carbons (Fsp3) is 0.250. The van der Waals surface area contributed by atoms with Gasteiger partial charge in [0.25, 0.3) is 5.91 Å². The summed E-state index contributed by atoms with van der Waals surface area (Å²) in [5.41, 5.74) is 1.02. The van der Waals surface area contributed by atoms with Crippen LogP contribution in [0, 0.1) is 17.0 Å². The molecule has 2 rings (SSSR count). The first-order valence-corrected chi connectivity index (χ1v) is 8.73. The van der Waals surface area contributed by atoms with E-state index in [9.17, 15) is 24.5 Å². The van der Waals surface area contributed by atoms with Crippen molar-refractivity contribution < 1.29 is 33.5 Å². The van der Waals surface area contributed by atoms with Crippen LogP contribution < -0.4 is 14.8 Å². The van der Waals surface area contributed by atoms with Crippen molar-refractivity contribution in [2.45, 2.75) is 13.8 Å². The average molecular weight is 416 g/mol. The largest absolute Gasteiger partial charge is 0.490 e. The lowest BCUT2D eigenvalue weighted by atomic mass is 10.1. The van der Waals surface area contributed by atoms with E-state index in [0.29, 0.717) is 22.6 Å². The van der Waals surface area contributed by atoms with Crippen molar-refractivity contribution in [3.63, 3.8) is 0 Å². The molecule has 0 radical (unpaired) electrons. The van der Waals surface area contributed by atoms with Gasteiger partial charge in [0.2, 0.25) is 0 Å². The average Bonchev–Trinajstić information content (AvgIpc) is 2.72. The molecule has 0 aliphatic heterocycles. The summed E-state index contributed by atoms with van der Waals surface area (Å²) < 4.78 is 15.1. The number of nitrogens with one attached hydrogen (secondary N) is 1. The monoisotopic (exact) mass is 416 g/mol. The van der Waals surface area contributed by atoms with Gasteiger partial charge < -0.3 is 19.5 Å². The first-order chi connectivity index (χ1) is 14.2. The molecule has 1 amide bonds. The van der Waals surface area contributed by atoms with Crippen LogP contribution >= 0.6 is 0 Å². The van der Waals surface area contributed by atoms with Crippen molar-refractivity contribution in [3.8, 4) is 11.5 Å². The number of anilines is 1. The predicted octanol–water partition coefficient (Wildman–Crippen LogP) is 2.68. The molecular weight excluding hydrogens is 396 g/mol. The van der Waals surface area contributed by atoms with Gasteiger partial charge in [-0.1, -0.05) is 0 Å². The molecule has 10 nitrogen and oxygen atoms in total. The first kappa shape index (κ1) is 22.3. The minimum Gasteiger partial charge on any atom is -0.490 e. The second kappa shape index (κ2) is 10.0. The Bertz CT molecular complexity index is 970. The highest BCUT2D eigenvalue weighted by atomic mass is 16.6. The van der Waals surface area contributed by atoms with E-state index in [4.69, 9.17) is 14.2 Å². The number of amides is 1. The Morgan fingerprint density at radius 1 is 1.10 bits per heavy atom. The summed E-state index contributed by atoms with van der Waals surface area (Å²) in [6.07, 6.45) is 0. The van der Waals surface area contributed by atoms with Gasteiger partial charge in [-0.25, -0.2) is 4.79 Å². The normalized spacial score (nSPS) is 10.1. The minimum absolute atomic E-state index is 0.0120. The van der Waals surface area contributed by atoms with Crippen molar-refractivity contribution in [2.24, 2.45) is 0 Å². The molecule has 2 aromatic rings. The topological polar surface area (TPSA) is 134 Å². The summed E-state index contributed by atoms with van der Waals surface area (Å²) in [5.74, 6) is -1.13. The summed E-state index contributed by atoms with van der Waals surface area (Å²) in [6, 6.07) is 8.81. The quantitative estimate of drug-likeness (QED) is 0.285. The van der Waals surface area contributed by atoms with Crippen LogP contribution in [0.3, 0.4) is 0 Å². The Hall–Kier alpha value is -3.95. The summed E-state index contributed by atoms with van der Waals surface area (Å²) in [5, 5.41) is 13.5. The standard InChI is InChI=1S/C20H20N2O8/c1-12-8-17(22(26)27)18(28-3)9-16(12)21-19(24)10-30-20(25)11-29-15-6-4-14(5-7-15)13(2)23/h4-9H,10-11H2,1-3H3,(H,21,24). The van der Waals surface area contributed by atoms with Gasteiger partial charge in [-0.05, 0) is 43.7 Å². The first-order valence-electron chi connectivity index (χ1n) is 8.73. The second-order valence-electron chi connectivity index (χ2n) is 6.17. The fourth-order valence-corrected chi connectivity index (χ4v) is 2.42. The van der Waals surface area contributed by atoms with E-state index in [1.165, 1.54) is 26.2 Å². The number of carbonyl (C=O) groups excluding carboxylic acids is 3. The number of carbonyl (C=O) groups is 3. The number of hydrogen-bond donors (Lipinski definition) is 1. The Kier molecular flexibility index (Phi) is 7.45. The minimum atomic E-state index is -0.765. The van der Waals surface area contributed by atoms with Gasteiger partial charge in [0.1, 0.15) is 5.75 Å². The van der Waals surface area contributed by atoms with Crippen molar-refractivity contribution in [1.82, 2.24) is 0 Å². The smallest absolute Gasteiger partial charge is 0.344 e. The maximum atomic E-state index is 12.0. The van der Waals surface area contributed by atoms with Gasteiger partial charge in [-0.3, -0.25) is 19.7 Å². The van der Waals surface area contributed by atoms with E-state index < -0.39 is 30.0 Å². The number of nitro groups is 1. The van der Waals surface area contributed by atoms with E-state index >= 15 is 0 Å². The molecule has 30 heavy (non-hydrogen) atoms. The summed E-state index contributed by atoms with van der Waals surface area (Å²) in [7, 11) is 1.28. The van der Waals surface area contributed by atoms with Crippen molar-refractivity contribution >= 4 is 29.0 Å². The van der Waals surface area contributed by atoms with Crippen molar-refractivity contribution in [2.75, 3.05) is 25.6 Å². The maximum Gasteiger partial charge on any atom is 0.344 e. The van der Waals surface area contributed by atoms with Crippen LogP contribution in [0.5, 0.6) is 11.5 Å². The fourth-order valence-electron chi connectivity index (χ4n) is 2.42. The van der Waals surface area contributed by atoms with Gasteiger partial charge in [0.15, 0.2) is 24.7 Å². The van der Waals surface area contributed by atoms with Gasteiger partial charge in [0.05, 0.1) is 12.0 Å². The number of methoxy groups -OCH3 is 1. The third-order valence-electron chi connectivity index (χ3n) is 3.98. The lowest BCUT2D eigenvalue weighted by Gasteiger charge is -2.11. The molecular formula is C20H20N2O8. The number of hydrogen-bond acceptors (Lipinski definition) is 8. The van der Waals surface area contributed by atoms with Crippen LogP contribution in [0.15, 0.2) is 36.4 Å². The van der Waals surface area contributed by atoms with Gasteiger partial charge in [-0.2, -0.15) is 0 Å². The molecule has 1 N–H and O–H groups in total. The molecule has 0 aromatic heterocycles. The van der Waals surface area contributed by atoms with Crippen molar-refractivity contribution in [1.29, 1.82) is 0 Å². The van der Waals surface area contributed by atoms with Crippen LogP contribution in [0.1, 0.15) is 22.8 Å². The molecule has 0 heterocycles. The Balaban J connectivity index is 1.86. The molecule has 0 atom stereocenters. The number of nitrogens with zero attached hydrogens (tertiary/aromatic N) is 1. The summed E-state index contributed by atoms with van der Waals surface area (Å²) in [4.78, 5) is 45.4. The van der Waals surface area contributed by atoms with Gasteiger partial charge in [0, 0.05) is 23.4 Å². The van der Waals surface area contributed by atoms with Crippen LogP contribution in [-0.4, -0.2) is 42.9 Å². The second-order valence-corrected chi connectivity index (χ2v) is 6.17. The Morgan fingerprint density at radius 3 is 2.33 bits per heavy atom. The number of rotatable bonds is 9. The number of ether oxygens (including phenoxy) is 3. The van der Waals surface area contributed by atoms with Crippen LogP contribution in [0.25, 0.3) is 0 Å². The SMILES string of the molecule is COc1cc(NC(=O)COC(=O)COc2ccc(C(C)=O)cc2)c(C)cc1[N+](=O)[O-]. The van der Waals surface area contributed by atoms with Crippen LogP contribution in [-0.2, 0) is 14.3 Å². The molecule has 0 unspecified atom stereocenters. The van der Waals surface area contributed by atoms with E-state index in [2.05, 4.69) is 5.32 Å². The highest BCUT2D eigenvalue weighted by Gasteiger charge is 2.18. The van der Waals surface area contributed by atoms with E-state index in [0.717, 1.165) is 0 Å². The van der Waals surface area contributed by atoms with Crippen molar-refractivity contribution in [3.05, 3.63) is 57.6 Å². The number of aryl methyl sites for hydroxylation is 1. The zero-order valence-corrected chi connectivity index (χ0v) is 16.6. The van der Waals surface area contributed by atoms with Gasteiger partial charge >= 0.3 is 11.7 Å². The van der Waals surface area contributed by atoms with Crippen LogP contribution in [0.4, 0.5) is 11.4 Å². The van der Waals surface area contributed by atoms with Crippen LogP contribution in [0.2, 0.25) is 0 Å². The molecule has 0 aliphatic carbocycles. The number of nitro benzene ring substituents is 1. The maximum absolute atomic E-state index is 12.0. The molecule has 0 saturated carbocycles. The van der Waals surface area contributed by atoms with E-state index in [1.54, 1.807) is 31.2 Å². The number of Topliss-reactive ketones (excluding diaryl/α,β-unsaturated/α-hetero) is 1. The summed E-state index contributed by atoms with van der Waals surface area (Å²) >= 11 is 0. The molecule has 158 valence electrons. The molecule has 0 spiro atoms. The predicted molar refractivity (Wildman–Crippen MR) is 106 cm³/mol.